The quantitative estimate of drug-likeness (QED) is 0.932. The van der Waals surface area contributed by atoms with Crippen LogP contribution in [0.25, 0.3) is 11.3 Å². The Labute approximate surface area is 125 Å². The van der Waals surface area contributed by atoms with Gasteiger partial charge >= 0.3 is 0 Å². The molecule has 0 aliphatic carbocycles. The Kier molecular flexibility index (Phi) is 4.08. The monoisotopic (exact) mass is 289 g/mol. The zero-order valence-corrected chi connectivity index (χ0v) is 12.5. The van der Waals surface area contributed by atoms with Crippen molar-refractivity contribution in [1.29, 1.82) is 0 Å². The van der Waals surface area contributed by atoms with Gasteiger partial charge in [0.1, 0.15) is 0 Å². The molecule has 1 aliphatic rings. The number of benzene rings is 1. The van der Waals surface area contributed by atoms with Crippen LogP contribution in [0.1, 0.15) is 25.8 Å². The summed E-state index contributed by atoms with van der Waals surface area (Å²) in [7, 11) is 0. The van der Waals surface area contributed by atoms with Crippen molar-refractivity contribution in [2.24, 2.45) is 5.92 Å². The fourth-order valence-electron chi connectivity index (χ4n) is 2.99. The second-order valence-corrected chi connectivity index (χ2v) is 5.98. The van der Waals surface area contributed by atoms with E-state index < -0.39 is 0 Å². The third-order valence-electron chi connectivity index (χ3n) is 4.26. The Balaban J connectivity index is 1.87. The Bertz CT molecular complexity index is 555. The molecule has 1 fully saturated rings. The van der Waals surface area contributed by atoms with E-state index in [2.05, 4.69) is 33.9 Å². The molecule has 1 saturated heterocycles. The van der Waals surface area contributed by atoms with Crippen LogP contribution in [0.4, 0.5) is 0 Å². The maximum Gasteiger partial charge on any atom is 0.0953 e. The lowest BCUT2D eigenvalue weighted by Crippen LogP contribution is -2.34. The van der Waals surface area contributed by atoms with Gasteiger partial charge in [-0.15, -0.1) is 0 Å². The lowest BCUT2D eigenvalue weighted by Gasteiger charge is -2.30. The molecule has 3 rings (SSSR count). The standard InChI is InChI=1S/C16H20ClN3/c1-12(14-3-2-8-18-9-14)20-11-19-10-16(20)13-4-6-15(17)7-5-13/h4-7,10-12,14,18H,2-3,8-9H2,1H3. The van der Waals surface area contributed by atoms with Gasteiger partial charge in [0.05, 0.1) is 18.2 Å². The summed E-state index contributed by atoms with van der Waals surface area (Å²) in [6.45, 7) is 4.54. The van der Waals surface area contributed by atoms with Gasteiger partial charge in [-0.2, -0.15) is 0 Å². The molecule has 20 heavy (non-hydrogen) atoms. The molecule has 0 spiro atoms. The summed E-state index contributed by atoms with van der Waals surface area (Å²) in [4.78, 5) is 4.35. The normalized spacial score (nSPS) is 20.8. The summed E-state index contributed by atoms with van der Waals surface area (Å²) in [5.74, 6) is 0.670. The summed E-state index contributed by atoms with van der Waals surface area (Å²) in [5, 5.41) is 4.26. The lowest BCUT2D eigenvalue weighted by atomic mass is 9.92. The molecule has 0 bridgehead atoms. The fourth-order valence-corrected chi connectivity index (χ4v) is 3.12. The number of halogens is 1. The first-order chi connectivity index (χ1) is 9.75. The molecule has 2 aromatic rings. The highest BCUT2D eigenvalue weighted by Crippen LogP contribution is 2.30. The molecule has 2 atom stereocenters. The number of hydrogen-bond donors (Lipinski definition) is 1. The molecular weight excluding hydrogens is 270 g/mol. The van der Waals surface area contributed by atoms with Gasteiger partial charge in [0.2, 0.25) is 0 Å². The molecule has 2 unspecified atom stereocenters. The third-order valence-corrected chi connectivity index (χ3v) is 4.51. The van der Waals surface area contributed by atoms with Gasteiger partial charge in [-0.25, -0.2) is 4.98 Å². The minimum atomic E-state index is 0.455. The smallest absolute Gasteiger partial charge is 0.0953 e. The third kappa shape index (κ3) is 2.74. The van der Waals surface area contributed by atoms with E-state index in [0.29, 0.717) is 12.0 Å². The average molecular weight is 290 g/mol. The van der Waals surface area contributed by atoms with E-state index in [1.54, 1.807) is 0 Å². The van der Waals surface area contributed by atoms with Crippen LogP contribution in [0.5, 0.6) is 0 Å². The van der Waals surface area contributed by atoms with Gasteiger partial charge in [-0.3, -0.25) is 0 Å². The summed E-state index contributed by atoms with van der Waals surface area (Å²) in [6, 6.07) is 8.43. The first-order valence-electron chi connectivity index (χ1n) is 7.24. The maximum absolute atomic E-state index is 5.97. The van der Waals surface area contributed by atoms with Crippen LogP contribution < -0.4 is 5.32 Å². The van der Waals surface area contributed by atoms with Crippen LogP contribution in [-0.2, 0) is 0 Å². The van der Waals surface area contributed by atoms with Gasteiger partial charge in [-0.1, -0.05) is 23.7 Å². The highest BCUT2D eigenvalue weighted by atomic mass is 35.5. The molecule has 1 aromatic heterocycles. The minimum absolute atomic E-state index is 0.455. The lowest BCUT2D eigenvalue weighted by molar-refractivity contribution is 0.281. The largest absolute Gasteiger partial charge is 0.327 e. The summed E-state index contributed by atoms with van der Waals surface area (Å²) in [6.07, 6.45) is 6.44. The topological polar surface area (TPSA) is 29.9 Å². The van der Waals surface area contributed by atoms with Crippen molar-refractivity contribution in [1.82, 2.24) is 14.9 Å². The first kappa shape index (κ1) is 13.7. The molecule has 0 amide bonds. The molecule has 1 aromatic carbocycles. The van der Waals surface area contributed by atoms with E-state index in [1.165, 1.54) is 24.1 Å². The zero-order chi connectivity index (χ0) is 13.9. The van der Waals surface area contributed by atoms with E-state index >= 15 is 0 Å². The van der Waals surface area contributed by atoms with Crippen molar-refractivity contribution in [2.75, 3.05) is 13.1 Å². The molecular formula is C16H20ClN3. The highest BCUT2D eigenvalue weighted by Gasteiger charge is 2.22. The molecule has 106 valence electrons. The number of nitrogens with one attached hydrogen (secondary N) is 1. The van der Waals surface area contributed by atoms with Gasteiger partial charge in [0.25, 0.3) is 0 Å². The van der Waals surface area contributed by atoms with Crippen molar-refractivity contribution < 1.29 is 0 Å². The molecule has 3 nitrogen and oxygen atoms in total. The van der Waals surface area contributed by atoms with Crippen LogP contribution >= 0.6 is 11.6 Å². The Hall–Kier alpha value is -1.32. The Morgan fingerprint density at radius 2 is 2.15 bits per heavy atom. The predicted octanol–water partition coefficient (Wildman–Crippen LogP) is 3.76. The van der Waals surface area contributed by atoms with E-state index in [1.807, 2.05) is 24.7 Å². The first-order valence-corrected chi connectivity index (χ1v) is 7.62. The summed E-state index contributed by atoms with van der Waals surface area (Å²) < 4.78 is 2.29. The van der Waals surface area contributed by atoms with Crippen molar-refractivity contribution in [3.05, 3.63) is 41.8 Å². The Morgan fingerprint density at radius 3 is 2.85 bits per heavy atom. The van der Waals surface area contributed by atoms with Crippen molar-refractivity contribution in [3.8, 4) is 11.3 Å². The van der Waals surface area contributed by atoms with E-state index in [9.17, 15) is 0 Å². The van der Waals surface area contributed by atoms with E-state index in [0.717, 1.165) is 18.1 Å². The Morgan fingerprint density at radius 1 is 1.35 bits per heavy atom. The molecule has 0 radical (unpaired) electrons. The zero-order valence-electron chi connectivity index (χ0n) is 11.7. The van der Waals surface area contributed by atoms with Gasteiger partial charge in [0, 0.05) is 11.1 Å². The molecule has 2 heterocycles. The minimum Gasteiger partial charge on any atom is -0.327 e. The number of rotatable bonds is 3. The van der Waals surface area contributed by atoms with Gasteiger partial charge in [0.15, 0.2) is 0 Å². The fraction of sp³-hybridized carbons (Fsp3) is 0.438. The number of aromatic nitrogens is 2. The maximum atomic E-state index is 5.97. The van der Waals surface area contributed by atoms with Crippen molar-refractivity contribution in [2.45, 2.75) is 25.8 Å². The molecule has 0 saturated carbocycles. The van der Waals surface area contributed by atoms with Crippen molar-refractivity contribution >= 4 is 11.6 Å². The second-order valence-electron chi connectivity index (χ2n) is 5.54. The number of imidazole rings is 1. The molecule has 1 N–H and O–H groups in total. The average Bonchev–Trinajstić information content (AvgIpc) is 2.97. The van der Waals surface area contributed by atoms with Gasteiger partial charge < -0.3 is 9.88 Å². The highest BCUT2D eigenvalue weighted by molar-refractivity contribution is 6.30. The van der Waals surface area contributed by atoms with Crippen LogP contribution in [0.15, 0.2) is 36.8 Å². The molecule has 1 aliphatic heterocycles. The predicted molar refractivity (Wildman–Crippen MR) is 83.0 cm³/mol. The second kappa shape index (κ2) is 5.98. The molecule has 4 heteroatoms. The van der Waals surface area contributed by atoms with Gasteiger partial charge in [-0.05, 0) is 56.5 Å². The van der Waals surface area contributed by atoms with Crippen LogP contribution in [-0.4, -0.2) is 22.6 Å². The van der Waals surface area contributed by atoms with Crippen LogP contribution in [0, 0.1) is 5.92 Å². The van der Waals surface area contributed by atoms with Crippen LogP contribution in [0.3, 0.4) is 0 Å². The number of nitrogens with zero attached hydrogens (tertiary/aromatic N) is 2. The van der Waals surface area contributed by atoms with Crippen LogP contribution in [0.2, 0.25) is 5.02 Å². The number of piperidine rings is 1. The van der Waals surface area contributed by atoms with Crippen molar-refractivity contribution in [3.63, 3.8) is 0 Å². The summed E-state index contributed by atoms with van der Waals surface area (Å²) in [5.41, 5.74) is 2.34. The SMILES string of the molecule is CC(C1CCCNC1)n1cncc1-c1ccc(Cl)cc1. The summed E-state index contributed by atoms with van der Waals surface area (Å²) >= 11 is 5.97. The van der Waals surface area contributed by atoms with E-state index in [-0.39, 0.29) is 0 Å². The number of hydrogen-bond acceptors (Lipinski definition) is 2. The van der Waals surface area contributed by atoms with E-state index in [4.69, 9.17) is 11.6 Å².